The molecular formula is C20H23N5O2. The Balaban J connectivity index is 1.52. The lowest BCUT2D eigenvalue weighted by Crippen LogP contribution is -2.26. The summed E-state index contributed by atoms with van der Waals surface area (Å²) in [5.41, 5.74) is 2.83. The van der Waals surface area contributed by atoms with Crippen LogP contribution in [-0.2, 0) is 4.74 Å². The van der Waals surface area contributed by atoms with E-state index in [1.165, 1.54) is 12.8 Å². The molecule has 3 aromatic heterocycles. The molecule has 0 saturated carbocycles. The topological polar surface area (TPSA) is 76.2 Å². The highest BCUT2D eigenvalue weighted by atomic mass is 16.5. The van der Waals surface area contributed by atoms with E-state index < -0.39 is 0 Å². The zero-order valence-electron chi connectivity index (χ0n) is 15.2. The molecule has 0 atom stereocenters. The van der Waals surface area contributed by atoms with Gasteiger partial charge in [0.1, 0.15) is 17.6 Å². The number of rotatable bonds is 4. The highest BCUT2D eigenvalue weighted by molar-refractivity contribution is 5.96. The minimum absolute atomic E-state index is 0.136. The maximum absolute atomic E-state index is 6.24. The lowest BCUT2D eigenvalue weighted by Gasteiger charge is -2.23. The third-order valence-corrected chi connectivity index (χ3v) is 5.34. The molecule has 2 saturated heterocycles. The van der Waals surface area contributed by atoms with Crippen LogP contribution in [0, 0.1) is 0 Å². The first-order chi connectivity index (χ1) is 13.4. The fourth-order valence-corrected chi connectivity index (χ4v) is 3.87. The molecule has 0 aliphatic carbocycles. The number of hydrogen-bond acceptors (Lipinski definition) is 6. The van der Waals surface area contributed by atoms with Crippen LogP contribution in [0.2, 0.25) is 0 Å². The number of hydrogen-bond donors (Lipinski definition) is 1. The monoisotopic (exact) mass is 365 g/mol. The average molecular weight is 365 g/mol. The van der Waals surface area contributed by atoms with Gasteiger partial charge in [0, 0.05) is 43.9 Å². The smallest absolute Gasteiger partial charge is 0.225 e. The van der Waals surface area contributed by atoms with Crippen molar-refractivity contribution in [3.05, 3.63) is 30.6 Å². The molecule has 0 amide bonds. The number of pyridine rings is 2. The minimum Gasteiger partial charge on any atom is -0.474 e. The number of nitrogens with one attached hydrogen (secondary N) is 1. The Morgan fingerprint density at radius 3 is 2.74 bits per heavy atom. The van der Waals surface area contributed by atoms with Crippen LogP contribution in [-0.4, -0.2) is 52.6 Å². The van der Waals surface area contributed by atoms with E-state index in [0.717, 1.165) is 67.1 Å². The quantitative estimate of drug-likeness (QED) is 0.765. The number of ether oxygens (including phenoxy) is 2. The zero-order chi connectivity index (χ0) is 18.1. The summed E-state index contributed by atoms with van der Waals surface area (Å²) >= 11 is 0. The van der Waals surface area contributed by atoms with E-state index in [4.69, 9.17) is 9.47 Å². The molecule has 2 fully saturated rings. The maximum Gasteiger partial charge on any atom is 0.225 e. The molecule has 2 aliphatic rings. The Morgan fingerprint density at radius 2 is 1.89 bits per heavy atom. The van der Waals surface area contributed by atoms with Gasteiger partial charge in [-0.2, -0.15) is 5.10 Å². The highest BCUT2D eigenvalue weighted by Gasteiger charge is 2.21. The van der Waals surface area contributed by atoms with Gasteiger partial charge < -0.3 is 14.4 Å². The predicted molar refractivity (Wildman–Crippen MR) is 103 cm³/mol. The van der Waals surface area contributed by atoms with Gasteiger partial charge in [0.2, 0.25) is 5.88 Å². The average Bonchev–Trinajstić information content (AvgIpc) is 3.40. The second-order valence-electron chi connectivity index (χ2n) is 7.14. The van der Waals surface area contributed by atoms with Crippen LogP contribution < -0.4 is 9.64 Å². The molecule has 5 heterocycles. The van der Waals surface area contributed by atoms with Crippen molar-refractivity contribution in [3.63, 3.8) is 0 Å². The van der Waals surface area contributed by atoms with Crippen molar-refractivity contribution < 1.29 is 9.47 Å². The summed E-state index contributed by atoms with van der Waals surface area (Å²) in [6, 6.07) is 6.05. The lowest BCUT2D eigenvalue weighted by atomic mass is 10.1. The van der Waals surface area contributed by atoms with Crippen LogP contribution in [0.15, 0.2) is 30.6 Å². The third kappa shape index (κ3) is 3.23. The van der Waals surface area contributed by atoms with Gasteiger partial charge in [0.25, 0.3) is 0 Å². The molecule has 140 valence electrons. The molecule has 0 radical (unpaired) electrons. The molecule has 3 aromatic rings. The minimum atomic E-state index is 0.136. The van der Waals surface area contributed by atoms with Crippen LogP contribution in [0.1, 0.15) is 25.7 Å². The van der Waals surface area contributed by atoms with E-state index in [1.54, 1.807) is 6.20 Å². The SMILES string of the molecule is c1cc(-c2n[nH]c3ccnc(OC4CCOCC4)c23)cc(N2CCCC2)n1. The Bertz CT molecular complexity index is 929. The number of H-pyrrole nitrogens is 1. The first kappa shape index (κ1) is 16.5. The molecule has 0 aromatic carbocycles. The highest BCUT2D eigenvalue weighted by Crippen LogP contribution is 2.34. The normalized spacial score (nSPS) is 18.3. The van der Waals surface area contributed by atoms with Gasteiger partial charge in [-0.15, -0.1) is 0 Å². The van der Waals surface area contributed by atoms with Crippen LogP contribution in [0.5, 0.6) is 5.88 Å². The molecule has 0 unspecified atom stereocenters. The fraction of sp³-hybridized carbons (Fsp3) is 0.450. The molecule has 5 rings (SSSR count). The van der Waals surface area contributed by atoms with E-state index in [9.17, 15) is 0 Å². The molecule has 27 heavy (non-hydrogen) atoms. The number of anilines is 1. The van der Waals surface area contributed by atoms with Crippen LogP contribution in [0.4, 0.5) is 5.82 Å². The first-order valence-corrected chi connectivity index (χ1v) is 9.67. The number of nitrogens with zero attached hydrogens (tertiary/aromatic N) is 4. The first-order valence-electron chi connectivity index (χ1n) is 9.67. The second-order valence-corrected chi connectivity index (χ2v) is 7.14. The van der Waals surface area contributed by atoms with Gasteiger partial charge >= 0.3 is 0 Å². The van der Waals surface area contributed by atoms with Gasteiger partial charge in [-0.25, -0.2) is 9.97 Å². The van der Waals surface area contributed by atoms with E-state index in [0.29, 0.717) is 5.88 Å². The second kappa shape index (κ2) is 7.15. The van der Waals surface area contributed by atoms with E-state index in [1.807, 2.05) is 18.3 Å². The van der Waals surface area contributed by atoms with E-state index in [-0.39, 0.29) is 6.10 Å². The van der Waals surface area contributed by atoms with Gasteiger partial charge in [0.15, 0.2) is 0 Å². The van der Waals surface area contributed by atoms with Crippen molar-refractivity contribution in [2.75, 3.05) is 31.2 Å². The van der Waals surface area contributed by atoms with Crippen molar-refractivity contribution in [3.8, 4) is 17.1 Å². The van der Waals surface area contributed by atoms with Crippen molar-refractivity contribution in [2.45, 2.75) is 31.8 Å². The molecular weight excluding hydrogens is 342 g/mol. The van der Waals surface area contributed by atoms with Crippen LogP contribution in [0.25, 0.3) is 22.2 Å². The molecule has 7 heteroatoms. The Kier molecular flexibility index (Phi) is 4.37. The van der Waals surface area contributed by atoms with E-state index >= 15 is 0 Å². The predicted octanol–water partition coefficient (Wildman–Crippen LogP) is 3.18. The molecule has 7 nitrogen and oxygen atoms in total. The number of aromatic nitrogens is 4. The standard InChI is InChI=1S/C20H23N5O2/c1-2-10-25(9-1)17-13-14(3-7-21-17)19-18-16(23-24-19)4-8-22-20(18)27-15-5-11-26-12-6-15/h3-4,7-8,13,15H,1-2,5-6,9-12H2,(H,23,24). The van der Waals surface area contributed by atoms with Crippen LogP contribution >= 0.6 is 0 Å². The summed E-state index contributed by atoms with van der Waals surface area (Å²) in [7, 11) is 0. The summed E-state index contributed by atoms with van der Waals surface area (Å²) in [6.45, 7) is 3.61. The van der Waals surface area contributed by atoms with Gasteiger partial charge in [-0.3, -0.25) is 5.10 Å². The maximum atomic E-state index is 6.24. The third-order valence-electron chi connectivity index (χ3n) is 5.34. The summed E-state index contributed by atoms with van der Waals surface area (Å²) in [5.74, 6) is 1.65. The zero-order valence-corrected chi connectivity index (χ0v) is 15.2. The summed E-state index contributed by atoms with van der Waals surface area (Å²) in [4.78, 5) is 11.4. The summed E-state index contributed by atoms with van der Waals surface area (Å²) < 4.78 is 11.7. The summed E-state index contributed by atoms with van der Waals surface area (Å²) in [6.07, 6.45) is 7.99. The molecule has 0 bridgehead atoms. The van der Waals surface area contributed by atoms with Gasteiger partial charge in [0.05, 0.1) is 24.1 Å². The van der Waals surface area contributed by atoms with Gasteiger partial charge in [-0.1, -0.05) is 0 Å². The number of fused-ring (bicyclic) bond motifs is 1. The van der Waals surface area contributed by atoms with Crippen molar-refractivity contribution in [1.29, 1.82) is 0 Å². The Labute approximate surface area is 157 Å². The Hall–Kier alpha value is -2.67. The molecule has 0 spiro atoms. The number of aromatic amines is 1. The lowest BCUT2D eigenvalue weighted by molar-refractivity contribution is 0.0244. The molecule has 1 N–H and O–H groups in total. The summed E-state index contributed by atoms with van der Waals surface area (Å²) in [5, 5.41) is 8.63. The van der Waals surface area contributed by atoms with Crippen molar-refractivity contribution in [1.82, 2.24) is 20.2 Å². The van der Waals surface area contributed by atoms with E-state index in [2.05, 4.69) is 31.1 Å². The van der Waals surface area contributed by atoms with Crippen LogP contribution in [0.3, 0.4) is 0 Å². The largest absolute Gasteiger partial charge is 0.474 e. The molecule has 2 aliphatic heterocycles. The van der Waals surface area contributed by atoms with Crippen molar-refractivity contribution in [2.24, 2.45) is 0 Å². The van der Waals surface area contributed by atoms with Crippen molar-refractivity contribution >= 4 is 16.7 Å². The fourth-order valence-electron chi connectivity index (χ4n) is 3.87. The van der Waals surface area contributed by atoms with Gasteiger partial charge in [-0.05, 0) is 31.0 Å². The Morgan fingerprint density at radius 1 is 1.07 bits per heavy atom.